The summed E-state index contributed by atoms with van der Waals surface area (Å²) in [5.41, 5.74) is 4.94. The maximum Gasteiger partial charge on any atom is 0.124 e. The van der Waals surface area contributed by atoms with Crippen molar-refractivity contribution in [1.82, 2.24) is 0 Å². The number of hydrogen-bond donors (Lipinski definition) is 0. The van der Waals surface area contributed by atoms with Crippen LogP contribution in [0.15, 0.2) is 42.5 Å². The molecule has 2 aromatic carbocycles. The van der Waals surface area contributed by atoms with Crippen LogP contribution in [-0.2, 0) is 17.9 Å². The monoisotopic (exact) mass is 302 g/mol. The molecular weight excluding hydrogens is 280 g/mol. The third-order valence-electron chi connectivity index (χ3n) is 3.57. The number of benzene rings is 2. The number of ether oxygens (including phenoxy) is 1. The van der Waals surface area contributed by atoms with Crippen LogP contribution in [0.4, 0.5) is 0 Å². The molecule has 2 aromatic rings. The highest BCUT2D eigenvalue weighted by molar-refractivity contribution is 6.17. The maximum atomic E-state index is 5.98. The Bertz CT molecular complexity index is 594. The second-order valence-electron chi connectivity index (χ2n) is 6.48. The van der Waals surface area contributed by atoms with Crippen molar-refractivity contribution in [1.29, 1.82) is 0 Å². The van der Waals surface area contributed by atoms with E-state index in [1.54, 1.807) is 0 Å². The first-order valence-electron chi connectivity index (χ1n) is 7.28. The van der Waals surface area contributed by atoms with Crippen LogP contribution in [0, 0.1) is 6.92 Å². The van der Waals surface area contributed by atoms with Crippen molar-refractivity contribution in [2.45, 2.75) is 45.6 Å². The molecule has 2 rings (SSSR count). The van der Waals surface area contributed by atoms with Crippen LogP contribution in [0.25, 0.3) is 0 Å². The third-order valence-corrected chi connectivity index (χ3v) is 3.86. The molecule has 1 nitrogen and oxygen atoms in total. The van der Waals surface area contributed by atoms with E-state index in [2.05, 4.69) is 58.0 Å². The molecule has 21 heavy (non-hydrogen) atoms. The van der Waals surface area contributed by atoms with Gasteiger partial charge in [-0.1, -0.05) is 62.7 Å². The van der Waals surface area contributed by atoms with Crippen LogP contribution in [0.1, 0.15) is 43.0 Å². The predicted octanol–water partition coefficient (Wildman–Crippen LogP) is 5.61. The van der Waals surface area contributed by atoms with E-state index in [-0.39, 0.29) is 5.41 Å². The van der Waals surface area contributed by atoms with Gasteiger partial charge in [0.1, 0.15) is 12.4 Å². The van der Waals surface area contributed by atoms with E-state index in [0.717, 1.165) is 11.3 Å². The van der Waals surface area contributed by atoms with Crippen molar-refractivity contribution in [3.05, 3.63) is 64.7 Å². The van der Waals surface area contributed by atoms with Crippen molar-refractivity contribution in [2.24, 2.45) is 0 Å². The Morgan fingerprint density at radius 2 is 1.67 bits per heavy atom. The Kier molecular flexibility index (Phi) is 4.95. The van der Waals surface area contributed by atoms with Crippen LogP contribution in [0.2, 0.25) is 0 Å². The lowest BCUT2D eigenvalue weighted by molar-refractivity contribution is 0.303. The largest absolute Gasteiger partial charge is 0.489 e. The fourth-order valence-electron chi connectivity index (χ4n) is 2.22. The van der Waals surface area contributed by atoms with Gasteiger partial charge in [-0.05, 0) is 29.5 Å². The molecule has 0 heterocycles. The van der Waals surface area contributed by atoms with E-state index in [1.165, 1.54) is 16.7 Å². The lowest BCUT2D eigenvalue weighted by Crippen LogP contribution is -2.10. The van der Waals surface area contributed by atoms with Gasteiger partial charge in [-0.25, -0.2) is 0 Å². The van der Waals surface area contributed by atoms with Gasteiger partial charge < -0.3 is 4.74 Å². The average molecular weight is 303 g/mol. The van der Waals surface area contributed by atoms with Gasteiger partial charge in [0, 0.05) is 5.56 Å². The molecule has 0 unspecified atom stereocenters. The highest BCUT2D eigenvalue weighted by atomic mass is 35.5. The first-order chi connectivity index (χ1) is 9.90. The summed E-state index contributed by atoms with van der Waals surface area (Å²) in [6.07, 6.45) is 0. The molecule has 2 heteroatoms. The van der Waals surface area contributed by atoms with Crippen molar-refractivity contribution in [3.8, 4) is 5.75 Å². The lowest BCUT2D eigenvalue weighted by atomic mass is 9.87. The minimum absolute atomic E-state index is 0.183. The van der Waals surface area contributed by atoms with Crippen molar-refractivity contribution < 1.29 is 4.74 Å². The highest BCUT2D eigenvalue weighted by Gasteiger charge is 2.12. The Hall–Kier alpha value is -1.47. The Labute approximate surface area is 132 Å². The topological polar surface area (TPSA) is 9.23 Å². The van der Waals surface area contributed by atoms with Crippen molar-refractivity contribution in [2.75, 3.05) is 0 Å². The molecule has 0 saturated heterocycles. The molecule has 0 spiro atoms. The highest BCUT2D eigenvalue weighted by Crippen LogP contribution is 2.24. The van der Waals surface area contributed by atoms with Gasteiger partial charge in [-0.3, -0.25) is 0 Å². The lowest BCUT2D eigenvalue weighted by Gasteiger charge is -2.19. The van der Waals surface area contributed by atoms with E-state index in [1.807, 2.05) is 12.1 Å². The van der Waals surface area contributed by atoms with Gasteiger partial charge >= 0.3 is 0 Å². The normalized spacial score (nSPS) is 11.5. The Balaban J connectivity index is 2.07. The molecule has 0 aliphatic rings. The van der Waals surface area contributed by atoms with Gasteiger partial charge in [-0.2, -0.15) is 0 Å². The molecule has 0 N–H and O–H groups in total. The maximum absolute atomic E-state index is 5.98. The molecule has 0 aliphatic heterocycles. The fourth-order valence-corrected chi connectivity index (χ4v) is 2.42. The smallest absolute Gasteiger partial charge is 0.124 e. The standard InChI is InChI=1S/C19H23ClO/c1-14-5-10-18(16(11-14)12-20)21-13-15-6-8-17(9-7-15)19(2,3)4/h5-11H,12-13H2,1-4H3. The van der Waals surface area contributed by atoms with E-state index in [9.17, 15) is 0 Å². The van der Waals surface area contributed by atoms with Crippen LogP contribution in [0.5, 0.6) is 5.75 Å². The summed E-state index contributed by atoms with van der Waals surface area (Å²) in [6.45, 7) is 9.29. The Morgan fingerprint density at radius 1 is 1.00 bits per heavy atom. The number of halogens is 1. The summed E-state index contributed by atoms with van der Waals surface area (Å²) in [4.78, 5) is 0. The minimum atomic E-state index is 0.183. The van der Waals surface area contributed by atoms with Gasteiger partial charge in [0.25, 0.3) is 0 Å². The second kappa shape index (κ2) is 6.53. The summed E-state index contributed by atoms with van der Waals surface area (Å²) in [5.74, 6) is 1.34. The zero-order valence-electron chi connectivity index (χ0n) is 13.2. The van der Waals surface area contributed by atoms with Crippen LogP contribution >= 0.6 is 11.6 Å². The number of aryl methyl sites for hydroxylation is 1. The first-order valence-corrected chi connectivity index (χ1v) is 7.81. The summed E-state index contributed by atoms with van der Waals surface area (Å²) in [5, 5.41) is 0. The number of hydrogen-bond acceptors (Lipinski definition) is 1. The molecule has 0 saturated carbocycles. The van der Waals surface area contributed by atoms with E-state index in [4.69, 9.17) is 16.3 Å². The number of alkyl halides is 1. The summed E-state index contributed by atoms with van der Waals surface area (Å²) < 4.78 is 5.91. The van der Waals surface area contributed by atoms with E-state index < -0.39 is 0 Å². The quantitative estimate of drug-likeness (QED) is 0.667. The van der Waals surface area contributed by atoms with Crippen molar-refractivity contribution >= 4 is 11.6 Å². The molecule has 112 valence electrons. The molecule has 0 aliphatic carbocycles. The summed E-state index contributed by atoms with van der Waals surface area (Å²) >= 11 is 5.98. The van der Waals surface area contributed by atoms with Gasteiger partial charge in [0.2, 0.25) is 0 Å². The van der Waals surface area contributed by atoms with Gasteiger partial charge in [0.15, 0.2) is 0 Å². The number of rotatable bonds is 4. The zero-order chi connectivity index (χ0) is 15.5. The molecule has 0 fully saturated rings. The van der Waals surface area contributed by atoms with Crippen LogP contribution in [0.3, 0.4) is 0 Å². The zero-order valence-corrected chi connectivity index (χ0v) is 14.0. The molecule has 0 bridgehead atoms. The van der Waals surface area contributed by atoms with E-state index in [0.29, 0.717) is 12.5 Å². The Morgan fingerprint density at radius 3 is 2.24 bits per heavy atom. The van der Waals surface area contributed by atoms with Gasteiger partial charge in [-0.15, -0.1) is 11.6 Å². The van der Waals surface area contributed by atoms with E-state index >= 15 is 0 Å². The van der Waals surface area contributed by atoms with Crippen molar-refractivity contribution in [3.63, 3.8) is 0 Å². The SMILES string of the molecule is Cc1ccc(OCc2ccc(C(C)(C)C)cc2)c(CCl)c1. The fraction of sp³-hybridized carbons (Fsp3) is 0.368. The second-order valence-corrected chi connectivity index (χ2v) is 6.75. The summed E-state index contributed by atoms with van der Waals surface area (Å²) in [6, 6.07) is 14.7. The average Bonchev–Trinajstić information content (AvgIpc) is 2.45. The molecule has 0 radical (unpaired) electrons. The molecule has 0 amide bonds. The predicted molar refractivity (Wildman–Crippen MR) is 90.2 cm³/mol. The van der Waals surface area contributed by atoms with Gasteiger partial charge in [0.05, 0.1) is 5.88 Å². The third kappa shape index (κ3) is 4.25. The van der Waals surface area contributed by atoms with Crippen LogP contribution < -0.4 is 4.74 Å². The molecular formula is C19H23ClO. The molecule has 0 aromatic heterocycles. The minimum Gasteiger partial charge on any atom is -0.489 e. The van der Waals surface area contributed by atoms with Crippen LogP contribution in [-0.4, -0.2) is 0 Å². The summed E-state index contributed by atoms with van der Waals surface area (Å²) in [7, 11) is 0. The first kappa shape index (κ1) is 15.9. The molecule has 0 atom stereocenters.